The molecule has 0 unspecified atom stereocenters. The lowest BCUT2D eigenvalue weighted by Crippen LogP contribution is -2.41. The summed E-state index contributed by atoms with van der Waals surface area (Å²) in [6, 6.07) is 1.17. The van der Waals surface area contributed by atoms with Gasteiger partial charge in [0.2, 0.25) is 11.8 Å². The summed E-state index contributed by atoms with van der Waals surface area (Å²) in [6.45, 7) is 3.26. The number of fused-ring (bicyclic) bond motifs is 1. The molecule has 2 N–H and O–H groups in total. The van der Waals surface area contributed by atoms with Crippen molar-refractivity contribution >= 4 is 29.1 Å². The largest absolute Gasteiger partial charge is 0.480 e. The minimum atomic E-state index is -1.02. The Hall–Kier alpha value is -1.89. The van der Waals surface area contributed by atoms with Crippen molar-refractivity contribution < 1.29 is 19.5 Å². The van der Waals surface area contributed by atoms with Crippen LogP contribution in [0.15, 0.2) is 11.4 Å². The highest BCUT2D eigenvalue weighted by Gasteiger charge is 2.23. The molecule has 0 aliphatic carbocycles. The van der Waals surface area contributed by atoms with Gasteiger partial charge in [-0.1, -0.05) is 19.8 Å². The first-order valence-corrected chi connectivity index (χ1v) is 9.24. The van der Waals surface area contributed by atoms with Crippen LogP contribution >= 0.6 is 11.3 Å². The number of nitrogens with zero attached hydrogens (tertiary/aromatic N) is 1. The summed E-state index contributed by atoms with van der Waals surface area (Å²) in [4.78, 5) is 38.4. The molecule has 0 aromatic carbocycles. The summed E-state index contributed by atoms with van der Waals surface area (Å²) < 4.78 is 0. The maximum atomic E-state index is 12.3. The smallest absolute Gasteiger partial charge is 0.326 e. The fourth-order valence-electron chi connectivity index (χ4n) is 2.77. The standard InChI is InChI=1S/C17H24N2O4S/c1-2-3-4-13(17(22)23)18-15(20)5-6-16(21)19-9-7-14-12(11-19)8-10-24-14/h8,10,13H,2-7,9,11H2,1H3,(H,18,20)(H,22,23)/t13-/m0/s1. The van der Waals surface area contributed by atoms with Crippen molar-refractivity contribution in [2.75, 3.05) is 6.54 Å². The molecule has 0 spiro atoms. The first-order valence-electron chi connectivity index (χ1n) is 8.36. The zero-order valence-electron chi connectivity index (χ0n) is 13.9. The molecule has 1 atom stereocenters. The van der Waals surface area contributed by atoms with Crippen molar-refractivity contribution in [1.82, 2.24) is 10.2 Å². The van der Waals surface area contributed by atoms with Gasteiger partial charge in [-0.15, -0.1) is 11.3 Å². The molecule has 6 nitrogen and oxygen atoms in total. The molecule has 2 rings (SSSR count). The van der Waals surface area contributed by atoms with Crippen LogP contribution in [0.2, 0.25) is 0 Å². The minimum absolute atomic E-state index is 0.0295. The molecule has 0 radical (unpaired) electrons. The number of nitrogens with one attached hydrogen (secondary N) is 1. The molecule has 1 aliphatic rings. The number of amides is 2. The van der Waals surface area contributed by atoms with Crippen LogP contribution in [-0.2, 0) is 27.3 Å². The van der Waals surface area contributed by atoms with Crippen molar-refractivity contribution in [3.8, 4) is 0 Å². The van der Waals surface area contributed by atoms with Gasteiger partial charge in [0.25, 0.3) is 0 Å². The Kier molecular flexibility index (Phi) is 6.78. The van der Waals surface area contributed by atoms with Crippen LogP contribution < -0.4 is 5.32 Å². The third-order valence-corrected chi connectivity index (χ3v) is 5.23. The van der Waals surface area contributed by atoms with Crippen LogP contribution in [0.4, 0.5) is 0 Å². The molecule has 1 aromatic rings. The third-order valence-electron chi connectivity index (χ3n) is 4.21. The Morgan fingerprint density at radius 2 is 2.17 bits per heavy atom. The maximum Gasteiger partial charge on any atom is 0.326 e. The highest BCUT2D eigenvalue weighted by Crippen LogP contribution is 2.24. The van der Waals surface area contributed by atoms with Crippen molar-refractivity contribution in [2.45, 2.75) is 58.0 Å². The predicted molar refractivity (Wildman–Crippen MR) is 91.8 cm³/mol. The molecule has 0 bridgehead atoms. The SMILES string of the molecule is CCCC[C@H](NC(=O)CCC(=O)N1CCc2sccc2C1)C(=O)O. The molecule has 1 aromatic heterocycles. The molecule has 0 saturated carbocycles. The fraction of sp³-hybridized carbons (Fsp3) is 0.588. The molecule has 2 amide bonds. The monoisotopic (exact) mass is 352 g/mol. The number of carbonyl (C=O) groups excluding carboxylic acids is 2. The zero-order chi connectivity index (χ0) is 17.5. The van der Waals surface area contributed by atoms with Gasteiger partial charge >= 0.3 is 5.97 Å². The second kappa shape index (κ2) is 8.82. The summed E-state index contributed by atoms with van der Waals surface area (Å²) >= 11 is 1.72. The van der Waals surface area contributed by atoms with Gasteiger partial charge in [0, 0.05) is 30.8 Å². The Bertz CT molecular complexity index is 599. The molecule has 132 valence electrons. The fourth-order valence-corrected chi connectivity index (χ4v) is 3.66. The van der Waals surface area contributed by atoms with E-state index in [1.165, 1.54) is 10.4 Å². The second-order valence-corrected chi connectivity index (χ2v) is 7.04. The first-order chi connectivity index (χ1) is 11.5. The van der Waals surface area contributed by atoms with Crippen LogP contribution in [0, 0.1) is 0 Å². The average Bonchev–Trinajstić information content (AvgIpc) is 3.03. The van der Waals surface area contributed by atoms with Crippen molar-refractivity contribution in [1.29, 1.82) is 0 Å². The lowest BCUT2D eigenvalue weighted by molar-refractivity contribution is -0.142. The zero-order valence-corrected chi connectivity index (χ0v) is 14.7. The van der Waals surface area contributed by atoms with Crippen LogP contribution in [0.1, 0.15) is 49.5 Å². The Morgan fingerprint density at radius 3 is 2.88 bits per heavy atom. The van der Waals surface area contributed by atoms with Crippen molar-refractivity contribution in [3.05, 3.63) is 21.9 Å². The molecule has 24 heavy (non-hydrogen) atoms. The van der Waals surface area contributed by atoms with Crippen LogP contribution in [0.3, 0.4) is 0 Å². The molecule has 0 fully saturated rings. The summed E-state index contributed by atoms with van der Waals surface area (Å²) in [5.41, 5.74) is 1.19. The number of unbranched alkanes of at least 4 members (excludes halogenated alkanes) is 1. The van der Waals surface area contributed by atoms with Crippen molar-refractivity contribution in [3.63, 3.8) is 0 Å². The van der Waals surface area contributed by atoms with Crippen molar-refractivity contribution in [2.24, 2.45) is 0 Å². The number of rotatable bonds is 8. The summed E-state index contributed by atoms with van der Waals surface area (Å²) in [6.07, 6.45) is 3.04. The van der Waals surface area contributed by atoms with Crippen LogP contribution in [0.5, 0.6) is 0 Å². The number of carbonyl (C=O) groups is 3. The first kappa shape index (κ1) is 18.4. The lowest BCUT2D eigenvalue weighted by atomic mass is 10.1. The van der Waals surface area contributed by atoms with Gasteiger partial charge in [-0.3, -0.25) is 9.59 Å². The summed E-state index contributed by atoms with van der Waals surface area (Å²) in [5, 5.41) is 13.7. The van der Waals surface area contributed by atoms with E-state index in [2.05, 4.69) is 5.32 Å². The Balaban J connectivity index is 1.77. The van der Waals surface area contributed by atoms with Crippen LogP contribution in [0.25, 0.3) is 0 Å². The molecule has 7 heteroatoms. The second-order valence-electron chi connectivity index (χ2n) is 6.03. The highest BCUT2D eigenvalue weighted by molar-refractivity contribution is 7.10. The Labute approximate surface area is 145 Å². The number of aliphatic carboxylic acids is 1. The van der Waals surface area contributed by atoms with Gasteiger partial charge < -0.3 is 15.3 Å². The van der Waals surface area contributed by atoms with E-state index in [4.69, 9.17) is 5.11 Å². The number of carboxylic acids is 1. The normalized spacial score (nSPS) is 14.8. The van der Waals surface area contributed by atoms with Crippen LogP contribution in [-0.4, -0.2) is 40.4 Å². The van der Waals surface area contributed by atoms with Gasteiger partial charge in [-0.2, -0.15) is 0 Å². The van der Waals surface area contributed by atoms with Gasteiger partial charge in [0.15, 0.2) is 0 Å². The number of hydrogen-bond acceptors (Lipinski definition) is 4. The molecule has 0 saturated heterocycles. The molecular formula is C17H24N2O4S. The molecule has 2 heterocycles. The third kappa shape index (κ3) is 5.06. The van der Waals surface area contributed by atoms with E-state index in [1.54, 1.807) is 16.2 Å². The number of thiophene rings is 1. The minimum Gasteiger partial charge on any atom is -0.480 e. The quantitative estimate of drug-likeness (QED) is 0.751. The van der Waals surface area contributed by atoms with E-state index in [0.29, 0.717) is 19.5 Å². The van der Waals surface area contributed by atoms with Gasteiger partial charge in [-0.05, 0) is 29.9 Å². The summed E-state index contributed by atoms with van der Waals surface area (Å²) in [7, 11) is 0. The van der Waals surface area contributed by atoms with Gasteiger partial charge in [0.05, 0.1) is 0 Å². The van der Waals surface area contributed by atoms with E-state index in [-0.39, 0.29) is 24.7 Å². The lowest BCUT2D eigenvalue weighted by Gasteiger charge is -2.27. The average molecular weight is 352 g/mol. The van der Waals surface area contributed by atoms with E-state index in [9.17, 15) is 14.4 Å². The molecular weight excluding hydrogens is 328 g/mol. The van der Waals surface area contributed by atoms with Gasteiger partial charge in [-0.25, -0.2) is 4.79 Å². The summed E-state index contributed by atoms with van der Waals surface area (Å²) in [5.74, 6) is -1.45. The number of hydrogen-bond donors (Lipinski definition) is 2. The Morgan fingerprint density at radius 1 is 1.38 bits per heavy atom. The van der Waals surface area contributed by atoms with Gasteiger partial charge in [0.1, 0.15) is 6.04 Å². The topological polar surface area (TPSA) is 86.7 Å². The van der Waals surface area contributed by atoms with E-state index < -0.39 is 12.0 Å². The van der Waals surface area contributed by atoms with E-state index >= 15 is 0 Å². The number of carboxylic acid groups (broad SMARTS) is 1. The molecule has 1 aliphatic heterocycles. The maximum absolute atomic E-state index is 12.3. The van der Waals surface area contributed by atoms with E-state index in [1.807, 2.05) is 18.4 Å². The van der Waals surface area contributed by atoms with E-state index in [0.717, 1.165) is 19.3 Å². The highest BCUT2D eigenvalue weighted by atomic mass is 32.1. The predicted octanol–water partition coefficient (Wildman–Crippen LogP) is 2.17.